The highest BCUT2D eigenvalue weighted by Gasteiger charge is 2.13. The molecule has 0 unspecified atom stereocenters. The first-order chi connectivity index (χ1) is 21.3. The minimum absolute atomic E-state index is 0.376. The van der Waals surface area contributed by atoms with Crippen LogP contribution in [-0.4, -0.2) is 26.0 Å². The van der Waals surface area contributed by atoms with Gasteiger partial charge in [0, 0.05) is 58.4 Å². The molecule has 0 radical (unpaired) electrons. The number of anilines is 2. The van der Waals surface area contributed by atoms with Gasteiger partial charge >= 0.3 is 6.03 Å². The van der Waals surface area contributed by atoms with E-state index >= 15 is 0 Å². The van der Waals surface area contributed by atoms with Crippen molar-refractivity contribution in [2.45, 2.75) is 27.7 Å². The number of nitrogens with zero attached hydrogens (tertiary/aromatic N) is 4. The second-order valence-corrected chi connectivity index (χ2v) is 11.1. The molecule has 6 rings (SSSR count). The van der Waals surface area contributed by atoms with E-state index in [1.54, 1.807) is 0 Å². The van der Waals surface area contributed by atoms with Gasteiger partial charge in [0.15, 0.2) is 0 Å². The highest BCUT2D eigenvalue weighted by atomic mass is 16.2. The lowest BCUT2D eigenvalue weighted by molar-refractivity contribution is 0.262. The summed E-state index contributed by atoms with van der Waals surface area (Å²) in [6.45, 7) is 8.02. The Bertz CT molecular complexity index is 1660. The number of aromatic nitrogens is 4. The van der Waals surface area contributed by atoms with E-state index in [0.29, 0.717) is 11.4 Å². The van der Waals surface area contributed by atoms with E-state index in [2.05, 4.69) is 30.6 Å². The molecule has 0 atom stereocenters. The average Bonchev–Trinajstić information content (AvgIpc) is 3.02. The Morgan fingerprint density at radius 2 is 0.705 bits per heavy atom. The van der Waals surface area contributed by atoms with Crippen LogP contribution in [0.1, 0.15) is 22.3 Å². The van der Waals surface area contributed by atoms with Crippen molar-refractivity contribution in [1.29, 1.82) is 0 Å². The molecule has 6 aromatic rings. The first-order valence-corrected chi connectivity index (χ1v) is 14.4. The maximum absolute atomic E-state index is 13.5. The minimum atomic E-state index is -0.376. The Morgan fingerprint density at radius 1 is 0.432 bits per heavy atom. The lowest BCUT2D eigenvalue weighted by Crippen LogP contribution is -2.19. The van der Waals surface area contributed by atoms with Crippen molar-refractivity contribution >= 4 is 17.4 Å². The fourth-order valence-electron chi connectivity index (χ4n) is 4.84. The van der Waals surface area contributed by atoms with Crippen LogP contribution in [0.2, 0.25) is 0 Å². The highest BCUT2D eigenvalue weighted by Crippen LogP contribution is 2.31. The zero-order valence-corrected chi connectivity index (χ0v) is 25.1. The van der Waals surface area contributed by atoms with Crippen molar-refractivity contribution in [2.75, 3.05) is 10.6 Å². The summed E-state index contributed by atoms with van der Waals surface area (Å²) in [6, 6.07) is 27.4. The molecule has 0 bridgehead atoms. The number of carbonyl (C=O) groups is 1. The van der Waals surface area contributed by atoms with Gasteiger partial charge in [0.1, 0.15) is 0 Å². The van der Waals surface area contributed by atoms with Gasteiger partial charge in [0.05, 0.1) is 22.8 Å². The smallest absolute Gasteiger partial charge is 0.308 e. The predicted octanol–water partition coefficient (Wildman–Crippen LogP) is 8.81. The summed E-state index contributed by atoms with van der Waals surface area (Å²) in [5.74, 6) is 0. The van der Waals surface area contributed by atoms with Gasteiger partial charge in [-0.1, -0.05) is 24.3 Å². The molecule has 2 N–H and O–H groups in total. The highest BCUT2D eigenvalue weighted by molar-refractivity contribution is 6.01. The Balaban J connectivity index is 1.34. The van der Waals surface area contributed by atoms with Crippen LogP contribution in [0.25, 0.3) is 45.0 Å². The molecular weight excluding hydrogens is 544 g/mol. The summed E-state index contributed by atoms with van der Waals surface area (Å²) in [5.41, 5.74) is 12.3. The predicted molar refractivity (Wildman–Crippen MR) is 177 cm³/mol. The average molecular weight is 577 g/mol. The molecule has 0 saturated heterocycles. The first-order valence-electron chi connectivity index (χ1n) is 14.4. The number of amides is 2. The number of rotatable bonds is 6. The second kappa shape index (κ2) is 12.3. The zero-order valence-electron chi connectivity index (χ0n) is 25.1. The van der Waals surface area contributed by atoms with Gasteiger partial charge in [-0.25, -0.2) is 4.79 Å². The van der Waals surface area contributed by atoms with E-state index in [9.17, 15) is 4.79 Å². The molecule has 0 aliphatic heterocycles. The Kier molecular flexibility index (Phi) is 7.93. The van der Waals surface area contributed by atoms with Crippen LogP contribution in [0.5, 0.6) is 0 Å². The Labute approximate surface area is 257 Å². The van der Waals surface area contributed by atoms with Crippen molar-refractivity contribution in [2.24, 2.45) is 0 Å². The fourth-order valence-corrected chi connectivity index (χ4v) is 4.84. The molecule has 0 spiro atoms. The van der Waals surface area contributed by atoms with Gasteiger partial charge < -0.3 is 10.6 Å². The number of pyridine rings is 4. The van der Waals surface area contributed by atoms with Gasteiger partial charge in [-0.05, 0) is 111 Å². The fraction of sp³-hybridized carbons (Fsp3) is 0.108. The SMILES string of the molecule is Cc1ccc(-c2cc(NC(=O)Nc3cc(-c4ccc(C)cn4)cc(-c4ccc(C)cn4)c3)cc(-c3ccc(C)cn3)c2)nc1. The molecule has 44 heavy (non-hydrogen) atoms. The summed E-state index contributed by atoms with van der Waals surface area (Å²) >= 11 is 0. The first kappa shape index (κ1) is 28.4. The standard InChI is InChI=1S/C37H32N6O/c1-23-5-9-33(38-19-23)27-13-28(34-10-6-24(2)20-39-34)16-31(15-27)42-37(44)43-32-17-29(35-11-7-25(3)21-40-35)14-30(18-32)36-12-8-26(4)22-41-36/h5-22H,1-4H3,(H2,42,43,44). The summed E-state index contributed by atoms with van der Waals surface area (Å²) in [4.78, 5) is 31.9. The molecule has 2 aromatic carbocycles. The number of hydrogen-bond acceptors (Lipinski definition) is 5. The summed E-state index contributed by atoms with van der Waals surface area (Å²) in [5, 5.41) is 6.06. The van der Waals surface area contributed by atoms with Crippen molar-refractivity contribution in [3.05, 3.63) is 132 Å². The minimum Gasteiger partial charge on any atom is -0.308 e. The van der Waals surface area contributed by atoms with Crippen LogP contribution in [-0.2, 0) is 0 Å². The van der Waals surface area contributed by atoms with Crippen molar-refractivity contribution < 1.29 is 4.79 Å². The Hall–Kier alpha value is -5.69. The third-order valence-corrected chi connectivity index (χ3v) is 7.21. The molecule has 0 fully saturated rings. The molecular formula is C37H32N6O. The molecule has 4 aromatic heterocycles. The largest absolute Gasteiger partial charge is 0.323 e. The number of aryl methyl sites for hydroxylation is 4. The summed E-state index contributed by atoms with van der Waals surface area (Å²) < 4.78 is 0. The van der Waals surface area contributed by atoms with E-state index in [4.69, 9.17) is 0 Å². The topological polar surface area (TPSA) is 92.7 Å². The van der Waals surface area contributed by atoms with E-state index in [0.717, 1.165) is 67.3 Å². The molecule has 0 saturated carbocycles. The third kappa shape index (κ3) is 6.68. The van der Waals surface area contributed by atoms with Gasteiger partial charge in [-0.15, -0.1) is 0 Å². The van der Waals surface area contributed by atoms with Crippen LogP contribution >= 0.6 is 0 Å². The Morgan fingerprint density at radius 3 is 0.932 bits per heavy atom. The van der Waals surface area contributed by atoms with Crippen LogP contribution < -0.4 is 10.6 Å². The zero-order chi connectivity index (χ0) is 30.6. The number of benzene rings is 2. The quantitative estimate of drug-likeness (QED) is 0.207. The molecule has 2 amide bonds. The summed E-state index contributed by atoms with van der Waals surface area (Å²) in [6.07, 6.45) is 7.34. The van der Waals surface area contributed by atoms with Crippen molar-refractivity contribution in [3.8, 4) is 45.0 Å². The molecule has 7 heteroatoms. The molecule has 216 valence electrons. The van der Waals surface area contributed by atoms with E-state index in [-0.39, 0.29) is 6.03 Å². The monoisotopic (exact) mass is 576 g/mol. The number of carbonyl (C=O) groups excluding carboxylic acids is 1. The maximum atomic E-state index is 13.5. The lowest BCUT2D eigenvalue weighted by atomic mass is 10.0. The van der Waals surface area contributed by atoms with Crippen LogP contribution in [0.4, 0.5) is 16.2 Å². The van der Waals surface area contributed by atoms with Crippen LogP contribution in [0.3, 0.4) is 0 Å². The van der Waals surface area contributed by atoms with E-state index in [1.807, 2.05) is 137 Å². The lowest BCUT2D eigenvalue weighted by Gasteiger charge is -2.14. The van der Waals surface area contributed by atoms with E-state index < -0.39 is 0 Å². The van der Waals surface area contributed by atoms with Crippen LogP contribution in [0, 0.1) is 27.7 Å². The molecule has 0 aliphatic carbocycles. The van der Waals surface area contributed by atoms with Gasteiger partial charge in [-0.3, -0.25) is 19.9 Å². The molecule has 4 heterocycles. The molecule has 7 nitrogen and oxygen atoms in total. The maximum Gasteiger partial charge on any atom is 0.323 e. The van der Waals surface area contributed by atoms with Gasteiger partial charge in [0.25, 0.3) is 0 Å². The molecule has 0 aliphatic rings. The number of hydrogen-bond donors (Lipinski definition) is 2. The van der Waals surface area contributed by atoms with Crippen molar-refractivity contribution in [3.63, 3.8) is 0 Å². The summed E-state index contributed by atoms with van der Waals surface area (Å²) in [7, 11) is 0. The third-order valence-electron chi connectivity index (χ3n) is 7.21. The van der Waals surface area contributed by atoms with Gasteiger partial charge in [-0.2, -0.15) is 0 Å². The normalized spacial score (nSPS) is 10.8. The van der Waals surface area contributed by atoms with Gasteiger partial charge in [0.2, 0.25) is 0 Å². The van der Waals surface area contributed by atoms with E-state index in [1.165, 1.54) is 0 Å². The van der Waals surface area contributed by atoms with Crippen molar-refractivity contribution in [1.82, 2.24) is 19.9 Å². The second-order valence-electron chi connectivity index (χ2n) is 11.1. The van der Waals surface area contributed by atoms with Crippen LogP contribution in [0.15, 0.2) is 110 Å². The number of nitrogens with one attached hydrogen (secondary N) is 2. The number of urea groups is 1.